The predicted molar refractivity (Wildman–Crippen MR) is 88.5 cm³/mol. The molecule has 0 bridgehead atoms. The van der Waals surface area contributed by atoms with Crippen LogP contribution in [0.3, 0.4) is 0 Å². The van der Waals surface area contributed by atoms with Crippen molar-refractivity contribution < 1.29 is 67.2 Å². The Morgan fingerprint density at radius 1 is 0.880 bits per heavy atom. The minimum atomic E-state index is -4.92. The van der Waals surface area contributed by atoms with Crippen molar-refractivity contribution >= 4 is 16.4 Å². The van der Waals surface area contributed by atoms with E-state index >= 15 is 0 Å². The van der Waals surface area contributed by atoms with Crippen LogP contribution >= 0.6 is 0 Å². The second kappa shape index (κ2) is 20.6. The third kappa shape index (κ3) is 40.4. The molecule has 0 amide bonds. The molecule has 0 aromatic rings. The van der Waals surface area contributed by atoms with E-state index in [1.807, 2.05) is 0 Å². The molecule has 25 heavy (non-hydrogen) atoms. The van der Waals surface area contributed by atoms with Crippen molar-refractivity contribution in [1.82, 2.24) is 0 Å². The summed E-state index contributed by atoms with van der Waals surface area (Å²) < 4.78 is 32.8. The molecule has 0 heterocycles. The molecule has 0 spiro atoms. The van der Waals surface area contributed by atoms with Crippen LogP contribution in [0.2, 0.25) is 0 Å². The first kappa shape index (κ1) is 30.0. The standard InChI is InChI=1S/C15H30O4.Na.H2O4S/c16-13-14(17)11-9-7-5-3-1-2-4-6-8-10-12-15(18)19;;1-5(2,3)4/h14,16-17H,1-13H2,(H,18,19);;(H2,1,2,3,4)/q;+1;/p-1. The smallest absolute Gasteiger partial charge is 0.726 e. The Balaban J connectivity index is -0.000000704. The van der Waals surface area contributed by atoms with Crippen LogP contribution in [0, 0.1) is 0 Å². The van der Waals surface area contributed by atoms with E-state index in [2.05, 4.69) is 0 Å². The van der Waals surface area contributed by atoms with Gasteiger partial charge in [0.1, 0.15) is 0 Å². The molecule has 0 aromatic heterocycles. The van der Waals surface area contributed by atoms with Crippen molar-refractivity contribution in [2.45, 2.75) is 83.2 Å². The second-order valence-corrected chi connectivity index (χ2v) is 6.59. The fourth-order valence-corrected chi connectivity index (χ4v) is 2.16. The third-order valence-corrected chi connectivity index (χ3v) is 3.39. The van der Waals surface area contributed by atoms with Crippen LogP contribution < -0.4 is 29.6 Å². The first-order valence-corrected chi connectivity index (χ1v) is 9.72. The number of rotatable bonds is 14. The average molecular weight is 394 g/mol. The summed E-state index contributed by atoms with van der Waals surface area (Å²) >= 11 is 0. The summed E-state index contributed by atoms with van der Waals surface area (Å²) in [5.74, 6) is -0.689. The van der Waals surface area contributed by atoms with E-state index in [0.717, 1.165) is 32.1 Å². The molecule has 1 unspecified atom stereocenters. The number of carboxylic acids is 1. The van der Waals surface area contributed by atoms with Gasteiger partial charge in [0.05, 0.1) is 12.7 Å². The number of aliphatic hydroxyl groups excluding tert-OH is 2. The molecule has 10 heteroatoms. The van der Waals surface area contributed by atoms with Crippen LogP contribution in [-0.2, 0) is 15.2 Å². The van der Waals surface area contributed by atoms with Gasteiger partial charge in [0.25, 0.3) is 0 Å². The van der Waals surface area contributed by atoms with Gasteiger partial charge < -0.3 is 19.9 Å². The molecule has 4 N–H and O–H groups in total. The Morgan fingerprint density at radius 3 is 1.52 bits per heavy atom. The van der Waals surface area contributed by atoms with Crippen LogP contribution in [0.1, 0.15) is 77.0 Å². The van der Waals surface area contributed by atoms with Crippen molar-refractivity contribution in [2.75, 3.05) is 6.61 Å². The van der Waals surface area contributed by atoms with Crippen LogP contribution in [0.25, 0.3) is 0 Å². The molecule has 0 aromatic carbocycles. The maximum Gasteiger partial charge on any atom is 1.00 e. The van der Waals surface area contributed by atoms with Crippen molar-refractivity contribution in [3.05, 3.63) is 0 Å². The summed E-state index contributed by atoms with van der Waals surface area (Å²) in [5.41, 5.74) is 0. The number of aliphatic carboxylic acids is 1. The Bertz CT molecular complexity index is 381. The van der Waals surface area contributed by atoms with E-state index in [9.17, 15) is 4.79 Å². The van der Waals surface area contributed by atoms with Crippen molar-refractivity contribution in [3.63, 3.8) is 0 Å². The molecule has 0 fully saturated rings. The van der Waals surface area contributed by atoms with Gasteiger partial charge in [-0.15, -0.1) is 0 Å². The molecule has 0 aliphatic heterocycles. The van der Waals surface area contributed by atoms with Gasteiger partial charge >= 0.3 is 35.5 Å². The summed E-state index contributed by atoms with van der Waals surface area (Å²) in [5, 5.41) is 26.3. The van der Waals surface area contributed by atoms with E-state index in [1.165, 1.54) is 32.1 Å². The SMILES string of the molecule is O=C(O)CCCCCCCCCCCCC(O)CO.O=S(=O)([O-])O.[Na+]. The zero-order chi connectivity index (χ0) is 18.8. The molecule has 0 radical (unpaired) electrons. The summed E-state index contributed by atoms with van der Waals surface area (Å²) in [6, 6.07) is 0. The van der Waals surface area contributed by atoms with Crippen LogP contribution in [0.5, 0.6) is 0 Å². The van der Waals surface area contributed by atoms with Gasteiger partial charge in [-0.3, -0.25) is 9.35 Å². The number of carbonyl (C=O) groups is 1. The van der Waals surface area contributed by atoms with Gasteiger partial charge in [-0.05, 0) is 12.8 Å². The Labute approximate surface area is 172 Å². The number of hydrogen-bond donors (Lipinski definition) is 4. The second-order valence-electron chi connectivity index (χ2n) is 5.73. The van der Waals surface area contributed by atoms with E-state index in [0.29, 0.717) is 12.8 Å². The Morgan fingerprint density at radius 2 is 1.20 bits per heavy atom. The predicted octanol–water partition coefficient (Wildman–Crippen LogP) is -0.886. The van der Waals surface area contributed by atoms with Gasteiger partial charge in [-0.2, -0.15) is 0 Å². The number of aliphatic hydroxyl groups is 2. The van der Waals surface area contributed by atoms with Gasteiger partial charge in [-0.1, -0.05) is 57.8 Å². The fraction of sp³-hybridized carbons (Fsp3) is 0.933. The van der Waals surface area contributed by atoms with E-state index in [1.54, 1.807) is 0 Å². The quantitative estimate of drug-likeness (QED) is 0.128. The number of hydrogen-bond acceptors (Lipinski definition) is 6. The normalized spacial score (nSPS) is 11.8. The maximum absolute atomic E-state index is 10.3. The number of unbranched alkanes of at least 4 members (excludes halogenated alkanes) is 9. The molecule has 1 atom stereocenters. The molecular formula is C15H31NaO8S. The molecule has 0 rings (SSSR count). The van der Waals surface area contributed by atoms with Crippen LogP contribution in [-0.4, -0.2) is 51.5 Å². The topological polar surface area (TPSA) is 155 Å². The van der Waals surface area contributed by atoms with Gasteiger partial charge in [0.15, 0.2) is 0 Å². The number of carboxylic acid groups (broad SMARTS) is 1. The Kier molecular flexibility index (Phi) is 24.7. The van der Waals surface area contributed by atoms with E-state index in [4.69, 9.17) is 32.8 Å². The monoisotopic (exact) mass is 394 g/mol. The summed E-state index contributed by atoms with van der Waals surface area (Å²) in [4.78, 5) is 10.3. The van der Waals surface area contributed by atoms with Crippen molar-refractivity contribution in [1.29, 1.82) is 0 Å². The van der Waals surface area contributed by atoms with Crippen molar-refractivity contribution in [3.8, 4) is 0 Å². The molecule has 0 saturated heterocycles. The third-order valence-electron chi connectivity index (χ3n) is 3.39. The van der Waals surface area contributed by atoms with E-state index < -0.39 is 22.5 Å². The minimum Gasteiger partial charge on any atom is -0.726 e. The summed E-state index contributed by atoms with van der Waals surface area (Å²) in [6.45, 7) is -0.123. The van der Waals surface area contributed by atoms with Gasteiger partial charge in [0, 0.05) is 6.42 Å². The largest absolute Gasteiger partial charge is 1.00 e. The van der Waals surface area contributed by atoms with Crippen molar-refractivity contribution in [2.24, 2.45) is 0 Å². The molecule has 0 saturated carbocycles. The van der Waals surface area contributed by atoms with Gasteiger partial charge in [0.2, 0.25) is 10.4 Å². The zero-order valence-corrected chi connectivity index (χ0v) is 17.9. The van der Waals surface area contributed by atoms with E-state index in [-0.39, 0.29) is 36.2 Å². The summed E-state index contributed by atoms with van der Waals surface area (Å²) in [6.07, 6.45) is 11.7. The molecule has 8 nitrogen and oxygen atoms in total. The molecule has 0 aliphatic rings. The Hall–Kier alpha value is 0.260. The fourth-order valence-electron chi connectivity index (χ4n) is 2.16. The maximum atomic E-state index is 10.3. The molecule has 0 aliphatic carbocycles. The molecule has 146 valence electrons. The van der Waals surface area contributed by atoms with Crippen LogP contribution in [0.15, 0.2) is 0 Å². The minimum absolute atomic E-state index is 0. The van der Waals surface area contributed by atoms with Crippen LogP contribution in [0.4, 0.5) is 0 Å². The first-order valence-electron chi connectivity index (χ1n) is 8.35. The molecular weight excluding hydrogens is 363 g/mol. The zero-order valence-electron chi connectivity index (χ0n) is 15.1. The summed E-state index contributed by atoms with van der Waals surface area (Å²) in [7, 11) is -4.92. The average Bonchev–Trinajstić information content (AvgIpc) is 2.46. The first-order chi connectivity index (χ1) is 11.2. The van der Waals surface area contributed by atoms with Gasteiger partial charge in [-0.25, -0.2) is 8.42 Å².